The molecule has 1 rings (SSSR count). The molecule has 0 saturated heterocycles. The zero-order valence-corrected chi connectivity index (χ0v) is 14.8. The zero-order valence-electron chi connectivity index (χ0n) is 14.0. The Morgan fingerprint density at radius 2 is 1.62 bits per heavy atom. The Balaban J connectivity index is 2.58. The second-order valence-corrected chi connectivity index (χ2v) is 6.21. The van der Waals surface area contributed by atoms with Gasteiger partial charge < -0.3 is 10.6 Å². The lowest BCUT2D eigenvalue weighted by molar-refractivity contribution is 0.746. The van der Waals surface area contributed by atoms with Gasteiger partial charge in [-0.15, -0.1) is 0 Å². The largest absolute Gasteiger partial charge is 0.370 e. The molecule has 0 amide bonds. The summed E-state index contributed by atoms with van der Waals surface area (Å²) in [5.74, 6) is 4.14. The van der Waals surface area contributed by atoms with Crippen LogP contribution in [0, 0.1) is 6.92 Å². The first-order valence-electron chi connectivity index (χ1n) is 8.07. The number of anilines is 2. The predicted octanol–water partition coefficient (Wildman–Crippen LogP) is 4.11. The molecule has 0 aliphatic rings. The van der Waals surface area contributed by atoms with E-state index in [0.29, 0.717) is 0 Å². The second-order valence-electron chi connectivity index (χ2n) is 5.22. The van der Waals surface area contributed by atoms with E-state index in [1.54, 1.807) is 0 Å². The van der Waals surface area contributed by atoms with Gasteiger partial charge >= 0.3 is 0 Å². The molecule has 0 saturated carbocycles. The Kier molecular flexibility index (Phi) is 9.22. The first kappa shape index (κ1) is 18.1. The number of rotatable bonds is 11. The van der Waals surface area contributed by atoms with Crippen molar-refractivity contribution in [3.8, 4) is 0 Å². The molecule has 0 aliphatic carbocycles. The van der Waals surface area contributed by atoms with Gasteiger partial charge in [-0.1, -0.05) is 20.3 Å². The summed E-state index contributed by atoms with van der Waals surface area (Å²) in [6.45, 7) is 8.30. The maximum atomic E-state index is 4.63. The standard InChI is InChI=1S/C16H30N4S/c1-5-10-17-15-13(3)16(20-14(6-2)19-15)18-11-8-7-9-12-21-4/h5-12H2,1-4H3,(H2,17,18,19,20). The molecule has 0 atom stereocenters. The van der Waals surface area contributed by atoms with Crippen LogP contribution in [0.25, 0.3) is 0 Å². The number of aryl methyl sites for hydroxylation is 1. The minimum Gasteiger partial charge on any atom is -0.370 e. The van der Waals surface area contributed by atoms with Crippen molar-refractivity contribution in [1.82, 2.24) is 9.97 Å². The van der Waals surface area contributed by atoms with Gasteiger partial charge in [-0.3, -0.25) is 0 Å². The molecule has 21 heavy (non-hydrogen) atoms. The summed E-state index contributed by atoms with van der Waals surface area (Å²) >= 11 is 1.92. The third kappa shape index (κ3) is 6.55. The number of nitrogens with one attached hydrogen (secondary N) is 2. The Morgan fingerprint density at radius 1 is 0.952 bits per heavy atom. The molecule has 1 heterocycles. The van der Waals surface area contributed by atoms with E-state index in [9.17, 15) is 0 Å². The number of thioether (sulfide) groups is 1. The highest BCUT2D eigenvalue weighted by Gasteiger charge is 2.09. The number of unbranched alkanes of at least 4 members (excludes halogenated alkanes) is 2. The van der Waals surface area contributed by atoms with E-state index in [0.717, 1.165) is 49.0 Å². The fraction of sp³-hybridized carbons (Fsp3) is 0.750. The number of hydrogen-bond donors (Lipinski definition) is 2. The molecule has 120 valence electrons. The molecule has 0 aliphatic heterocycles. The lowest BCUT2D eigenvalue weighted by atomic mass is 10.2. The van der Waals surface area contributed by atoms with Gasteiger partial charge in [0.1, 0.15) is 17.5 Å². The quantitative estimate of drug-likeness (QED) is 0.602. The maximum Gasteiger partial charge on any atom is 0.134 e. The van der Waals surface area contributed by atoms with Crippen LogP contribution in [-0.2, 0) is 6.42 Å². The highest BCUT2D eigenvalue weighted by molar-refractivity contribution is 7.98. The van der Waals surface area contributed by atoms with E-state index in [1.165, 1.54) is 25.0 Å². The van der Waals surface area contributed by atoms with Gasteiger partial charge in [0.15, 0.2) is 0 Å². The Bertz CT molecular complexity index is 410. The number of nitrogens with zero attached hydrogens (tertiary/aromatic N) is 2. The van der Waals surface area contributed by atoms with Crippen LogP contribution < -0.4 is 10.6 Å². The molecular weight excluding hydrogens is 280 g/mol. The monoisotopic (exact) mass is 310 g/mol. The highest BCUT2D eigenvalue weighted by Crippen LogP contribution is 2.20. The van der Waals surface area contributed by atoms with Crippen molar-refractivity contribution in [1.29, 1.82) is 0 Å². The summed E-state index contributed by atoms with van der Waals surface area (Å²) < 4.78 is 0. The van der Waals surface area contributed by atoms with Crippen LogP contribution in [0.4, 0.5) is 11.6 Å². The average molecular weight is 311 g/mol. The fourth-order valence-electron chi connectivity index (χ4n) is 2.06. The summed E-state index contributed by atoms with van der Waals surface area (Å²) in [5, 5.41) is 6.89. The van der Waals surface area contributed by atoms with Gasteiger partial charge in [-0.2, -0.15) is 11.8 Å². The molecule has 1 aromatic rings. The van der Waals surface area contributed by atoms with Crippen molar-refractivity contribution in [3.63, 3.8) is 0 Å². The minimum absolute atomic E-state index is 0.865. The van der Waals surface area contributed by atoms with Gasteiger partial charge in [-0.25, -0.2) is 9.97 Å². The van der Waals surface area contributed by atoms with Crippen LogP contribution >= 0.6 is 11.8 Å². The Morgan fingerprint density at radius 3 is 2.19 bits per heavy atom. The maximum absolute atomic E-state index is 4.63. The second kappa shape index (κ2) is 10.7. The normalized spacial score (nSPS) is 10.7. The van der Waals surface area contributed by atoms with Crippen LogP contribution in [-0.4, -0.2) is 35.1 Å². The van der Waals surface area contributed by atoms with Crippen LogP contribution in [0.2, 0.25) is 0 Å². The van der Waals surface area contributed by atoms with E-state index in [1.807, 2.05) is 11.8 Å². The van der Waals surface area contributed by atoms with Crippen molar-refractivity contribution in [3.05, 3.63) is 11.4 Å². The van der Waals surface area contributed by atoms with Crippen LogP contribution in [0.5, 0.6) is 0 Å². The third-order valence-electron chi connectivity index (χ3n) is 3.37. The zero-order chi connectivity index (χ0) is 15.5. The molecule has 2 N–H and O–H groups in total. The highest BCUT2D eigenvalue weighted by atomic mass is 32.2. The van der Waals surface area contributed by atoms with Crippen molar-refractivity contribution >= 4 is 23.4 Å². The smallest absolute Gasteiger partial charge is 0.134 e. The topological polar surface area (TPSA) is 49.8 Å². The first-order chi connectivity index (χ1) is 10.2. The summed E-state index contributed by atoms with van der Waals surface area (Å²) in [7, 11) is 0. The summed E-state index contributed by atoms with van der Waals surface area (Å²) in [6.07, 6.45) is 7.91. The van der Waals surface area contributed by atoms with Gasteiger partial charge in [-0.05, 0) is 38.2 Å². The van der Waals surface area contributed by atoms with Gasteiger partial charge in [0.25, 0.3) is 0 Å². The van der Waals surface area contributed by atoms with Gasteiger partial charge in [0.05, 0.1) is 0 Å². The SMILES string of the molecule is CCCNc1nc(CC)nc(NCCCCCSC)c1C. The molecule has 1 aromatic heterocycles. The van der Waals surface area contributed by atoms with E-state index < -0.39 is 0 Å². The van der Waals surface area contributed by atoms with Crippen molar-refractivity contribution in [2.45, 2.75) is 52.9 Å². The summed E-state index contributed by atoms with van der Waals surface area (Å²) in [5.41, 5.74) is 1.13. The predicted molar refractivity (Wildman–Crippen MR) is 95.7 cm³/mol. The number of aromatic nitrogens is 2. The van der Waals surface area contributed by atoms with Gasteiger partial charge in [0, 0.05) is 25.1 Å². The van der Waals surface area contributed by atoms with E-state index in [-0.39, 0.29) is 0 Å². The van der Waals surface area contributed by atoms with Gasteiger partial charge in [0.2, 0.25) is 0 Å². The third-order valence-corrected chi connectivity index (χ3v) is 4.07. The lowest BCUT2D eigenvalue weighted by Gasteiger charge is -2.14. The van der Waals surface area contributed by atoms with Crippen molar-refractivity contribution in [2.75, 3.05) is 35.7 Å². The number of hydrogen-bond acceptors (Lipinski definition) is 5. The molecule has 0 spiro atoms. The van der Waals surface area contributed by atoms with Crippen LogP contribution in [0.1, 0.15) is 50.9 Å². The summed E-state index contributed by atoms with van der Waals surface area (Å²) in [4.78, 5) is 9.22. The van der Waals surface area contributed by atoms with E-state index >= 15 is 0 Å². The Labute approximate surface area is 133 Å². The molecule has 0 radical (unpaired) electrons. The van der Waals surface area contributed by atoms with E-state index in [2.05, 4.69) is 47.6 Å². The first-order valence-corrected chi connectivity index (χ1v) is 9.46. The minimum atomic E-state index is 0.865. The fourth-order valence-corrected chi connectivity index (χ4v) is 2.56. The molecular formula is C16H30N4S. The van der Waals surface area contributed by atoms with Crippen molar-refractivity contribution < 1.29 is 0 Å². The molecule has 0 aromatic carbocycles. The van der Waals surface area contributed by atoms with Crippen LogP contribution in [0.3, 0.4) is 0 Å². The van der Waals surface area contributed by atoms with Crippen molar-refractivity contribution in [2.24, 2.45) is 0 Å². The lowest BCUT2D eigenvalue weighted by Crippen LogP contribution is -2.12. The average Bonchev–Trinajstić information content (AvgIpc) is 2.50. The molecule has 4 nitrogen and oxygen atoms in total. The molecule has 5 heteroatoms. The Hall–Kier alpha value is -0.970. The summed E-state index contributed by atoms with van der Waals surface area (Å²) in [6, 6.07) is 0. The molecule has 0 bridgehead atoms. The molecule has 0 unspecified atom stereocenters. The van der Waals surface area contributed by atoms with Crippen LogP contribution in [0.15, 0.2) is 0 Å². The molecule has 0 fully saturated rings. The van der Waals surface area contributed by atoms with E-state index in [4.69, 9.17) is 0 Å².